The van der Waals surface area contributed by atoms with E-state index in [4.69, 9.17) is 16.9 Å². The highest BCUT2D eigenvalue weighted by atomic mass is 35.5. The summed E-state index contributed by atoms with van der Waals surface area (Å²) in [6.07, 6.45) is 5.50. The molecule has 0 aromatic heterocycles. The zero-order chi connectivity index (χ0) is 9.52. The van der Waals surface area contributed by atoms with Crippen molar-refractivity contribution < 1.29 is 0 Å². The number of alkyl halides is 1. The summed E-state index contributed by atoms with van der Waals surface area (Å²) in [7, 11) is 0. The molecule has 2 nitrogen and oxygen atoms in total. The summed E-state index contributed by atoms with van der Waals surface area (Å²) in [6, 6.07) is 2.74. The standard InChI is InChI=1S/C10H17ClN2/c11-9-10-5-1-3-7-13(10)8-4-2-6-12/h10H,1-5,7-9H2. The second-order valence-corrected chi connectivity index (χ2v) is 3.91. The molecule has 0 spiro atoms. The van der Waals surface area contributed by atoms with Crippen molar-refractivity contribution in [1.29, 1.82) is 5.26 Å². The van der Waals surface area contributed by atoms with E-state index in [1.54, 1.807) is 0 Å². The Hall–Kier alpha value is -0.260. The van der Waals surface area contributed by atoms with E-state index in [1.165, 1.54) is 25.8 Å². The lowest BCUT2D eigenvalue weighted by molar-refractivity contribution is 0.162. The van der Waals surface area contributed by atoms with Gasteiger partial charge in [0.25, 0.3) is 0 Å². The fraction of sp³-hybridized carbons (Fsp3) is 0.900. The number of nitriles is 1. The fourth-order valence-corrected chi connectivity index (χ4v) is 2.24. The van der Waals surface area contributed by atoms with Gasteiger partial charge in [-0.05, 0) is 32.4 Å². The first-order chi connectivity index (χ1) is 6.38. The van der Waals surface area contributed by atoms with Crippen LogP contribution in [0.25, 0.3) is 0 Å². The molecule has 1 saturated heterocycles. The summed E-state index contributed by atoms with van der Waals surface area (Å²) in [4.78, 5) is 2.44. The molecular formula is C10H17ClN2. The van der Waals surface area contributed by atoms with Crippen LogP contribution in [0.5, 0.6) is 0 Å². The average molecular weight is 201 g/mol. The molecule has 0 aromatic carbocycles. The molecule has 0 radical (unpaired) electrons. The van der Waals surface area contributed by atoms with Crippen LogP contribution in [0.3, 0.4) is 0 Å². The van der Waals surface area contributed by atoms with Gasteiger partial charge in [0.05, 0.1) is 6.07 Å². The maximum absolute atomic E-state index is 8.42. The molecule has 0 aromatic rings. The van der Waals surface area contributed by atoms with Crippen molar-refractivity contribution in [1.82, 2.24) is 4.90 Å². The third kappa shape index (κ3) is 3.54. The highest BCUT2D eigenvalue weighted by molar-refractivity contribution is 6.18. The number of nitrogens with zero attached hydrogens (tertiary/aromatic N) is 2. The quantitative estimate of drug-likeness (QED) is 0.515. The van der Waals surface area contributed by atoms with Gasteiger partial charge < -0.3 is 0 Å². The van der Waals surface area contributed by atoms with Gasteiger partial charge in [-0.1, -0.05) is 6.42 Å². The molecule has 1 fully saturated rings. The van der Waals surface area contributed by atoms with Gasteiger partial charge in [0, 0.05) is 18.3 Å². The van der Waals surface area contributed by atoms with E-state index in [1.807, 2.05) is 0 Å². The van der Waals surface area contributed by atoms with Crippen LogP contribution in [0.4, 0.5) is 0 Å². The Kier molecular flexibility index (Phi) is 5.19. The van der Waals surface area contributed by atoms with Gasteiger partial charge >= 0.3 is 0 Å². The molecule has 13 heavy (non-hydrogen) atoms. The molecular weight excluding hydrogens is 184 g/mol. The minimum Gasteiger partial charge on any atom is -0.299 e. The first-order valence-corrected chi connectivity index (χ1v) is 5.59. The molecule has 1 aliphatic heterocycles. The summed E-state index contributed by atoms with van der Waals surface area (Å²) in [6.45, 7) is 2.22. The van der Waals surface area contributed by atoms with Crippen LogP contribution in [0.2, 0.25) is 0 Å². The second kappa shape index (κ2) is 6.23. The lowest BCUT2D eigenvalue weighted by Gasteiger charge is -2.34. The molecule has 1 heterocycles. The summed E-state index contributed by atoms with van der Waals surface area (Å²) >= 11 is 5.88. The molecule has 0 N–H and O–H groups in total. The lowest BCUT2D eigenvalue weighted by Crippen LogP contribution is -2.41. The third-order valence-corrected chi connectivity index (χ3v) is 3.02. The van der Waals surface area contributed by atoms with Crippen molar-refractivity contribution in [2.24, 2.45) is 0 Å². The molecule has 1 aliphatic rings. The number of hydrogen-bond acceptors (Lipinski definition) is 2. The number of unbranched alkanes of at least 4 members (excludes halogenated alkanes) is 1. The van der Waals surface area contributed by atoms with E-state index >= 15 is 0 Å². The topological polar surface area (TPSA) is 27.0 Å². The number of rotatable bonds is 4. The monoisotopic (exact) mass is 200 g/mol. The molecule has 0 bridgehead atoms. The maximum atomic E-state index is 8.42. The minimum atomic E-state index is 0.564. The van der Waals surface area contributed by atoms with E-state index in [2.05, 4.69) is 11.0 Å². The number of hydrogen-bond donors (Lipinski definition) is 0. The molecule has 1 atom stereocenters. The zero-order valence-corrected chi connectivity index (χ0v) is 8.76. The van der Waals surface area contributed by atoms with Crippen molar-refractivity contribution in [3.8, 4) is 6.07 Å². The van der Waals surface area contributed by atoms with Crippen LogP contribution in [0.1, 0.15) is 32.1 Å². The van der Waals surface area contributed by atoms with Crippen LogP contribution >= 0.6 is 11.6 Å². The van der Waals surface area contributed by atoms with Gasteiger partial charge in [0.15, 0.2) is 0 Å². The van der Waals surface area contributed by atoms with Crippen molar-refractivity contribution >= 4 is 11.6 Å². The largest absolute Gasteiger partial charge is 0.299 e. The van der Waals surface area contributed by atoms with Gasteiger partial charge in [-0.3, -0.25) is 4.90 Å². The van der Waals surface area contributed by atoms with E-state index in [0.29, 0.717) is 12.5 Å². The van der Waals surface area contributed by atoms with Gasteiger partial charge in [0.2, 0.25) is 0 Å². The Morgan fingerprint density at radius 1 is 1.46 bits per heavy atom. The van der Waals surface area contributed by atoms with Crippen molar-refractivity contribution in [3.63, 3.8) is 0 Å². The summed E-state index contributed by atoms with van der Waals surface area (Å²) < 4.78 is 0. The summed E-state index contributed by atoms with van der Waals surface area (Å²) in [5, 5.41) is 8.42. The predicted molar refractivity (Wildman–Crippen MR) is 54.8 cm³/mol. The SMILES string of the molecule is N#CCCCN1CCCCC1CCl. The van der Waals surface area contributed by atoms with Crippen molar-refractivity contribution in [3.05, 3.63) is 0 Å². The minimum absolute atomic E-state index is 0.564. The molecule has 0 amide bonds. The Bertz CT molecular complexity index is 176. The maximum Gasteiger partial charge on any atom is 0.0622 e. The smallest absolute Gasteiger partial charge is 0.0622 e. The molecule has 1 unspecified atom stereocenters. The number of likely N-dealkylation sites (tertiary alicyclic amines) is 1. The zero-order valence-electron chi connectivity index (χ0n) is 8.01. The molecule has 74 valence electrons. The van der Waals surface area contributed by atoms with Crippen molar-refractivity contribution in [2.75, 3.05) is 19.0 Å². The normalized spacial score (nSPS) is 24.2. The van der Waals surface area contributed by atoms with Gasteiger partial charge in [-0.2, -0.15) is 5.26 Å². The number of piperidine rings is 1. The Morgan fingerprint density at radius 2 is 2.31 bits per heavy atom. The van der Waals surface area contributed by atoms with E-state index in [-0.39, 0.29) is 0 Å². The van der Waals surface area contributed by atoms with E-state index in [9.17, 15) is 0 Å². The van der Waals surface area contributed by atoms with Crippen molar-refractivity contribution in [2.45, 2.75) is 38.1 Å². The van der Waals surface area contributed by atoms with Gasteiger partial charge in [-0.15, -0.1) is 11.6 Å². The fourth-order valence-electron chi connectivity index (χ4n) is 1.89. The first-order valence-electron chi connectivity index (χ1n) is 5.05. The van der Waals surface area contributed by atoms with Crippen LogP contribution in [-0.4, -0.2) is 29.9 Å². The third-order valence-electron chi connectivity index (χ3n) is 2.66. The average Bonchev–Trinajstić information content (AvgIpc) is 2.19. The first kappa shape index (κ1) is 10.8. The Balaban J connectivity index is 2.24. The summed E-state index contributed by atoms with van der Waals surface area (Å²) in [5.74, 6) is 0.743. The molecule has 1 rings (SSSR count). The molecule has 0 aliphatic carbocycles. The molecule has 3 heteroatoms. The highest BCUT2D eigenvalue weighted by Crippen LogP contribution is 2.18. The van der Waals surface area contributed by atoms with Crippen LogP contribution in [0.15, 0.2) is 0 Å². The van der Waals surface area contributed by atoms with Crippen LogP contribution in [-0.2, 0) is 0 Å². The van der Waals surface area contributed by atoms with Gasteiger partial charge in [0.1, 0.15) is 0 Å². The van der Waals surface area contributed by atoms with E-state index < -0.39 is 0 Å². The predicted octanol–water partition coefficient (Wildman–Crippen LogP) is 2.38. The Labute approximate surface area is 85.5 Å². The van der Waals surface area contributed by atoms with Crippen LogP contribution in [0, 0.1) is 11.3 Å². The lowest BCUT2D eigenvalue weighted by atomic mass is 10.0. The van der Waals surface area contributed by atoms with Crippen LogP contribution < -0.4 is 0 Å². The van der Waals surface area contributed by atoms with E-state index in [0.717, 1.165) is 18.8 Å². The number of halogens is 1. The second-order valence-electron chi connectivity index (χ2n) is 3.60. The highest BCUT2D eigenvalue weighted by Gasteiger charge is 2.20. The van der Waals surface area contributed by atoms with Gasteiger partial charge in [-0.25, -0.2) is 0 Å². The Morgan fingerprint density at radius 3 is 3.00 bits per heavy atom. The molecule has 0 saturated carbocycles. The summed E-state index contributed by atoms with van der Waals surface area (Å²) in [5.41, 5.74) is 0.